The number of aliphatic hydroxyl groups excluding tert-OH is 1. The summed E-state index contributed by atoms with van der Waals surface area (Å²) in [6, 6.07) is -1.16. The summed E-state index contributed by atoms with van der Waals surface area (Å²) in [4.78, 5) is 19.9. The number of rotatable bonds is 4. The number of carbonyl (C=O) groups is 2. The summed E-state index contributed by atoms with van der Waals surface area (Å²) in [5, 5.41) is 15.8. The summed E-state index contributed by atoms with van der Waals surface area (Å²) < 4.78 is 0. The lowest BCUT2D eigenvalue weighted by Crippen LogP contribution is -2.34. The molecule has 0 aliphatic heterocycles. The molecular formula is C6H15N3O4. The molecule has 13 heavy (non-hydrogen) atoms. The second-order valence-electron chi connectivity index (χ2n) is 2.13. The molecule has 0 aromatic carbocycles. The Balaban J connectivity index is 0. The molecule has 0 rings (SSSR count). The van der Waals surface area contributed by atoms with Crippen LogP contribution in [0.1, 0.15) is 6.42 Å². The summed E-state index contributed by atoms with van der Waals surface area (Å²) in [6.07, 6.45) is -0.310. The van der Waals surface area contributed by atoms with Crippen molar-refractivity contribution in [2.24, 2.45) is 17.2 Å². The molecule has 1 unspecified atom stereocenters. The van der Waals surface area contributed by atoms with Gasteiger partial charge in [0.25, 0.3) is 0 Å². The quantitative estimate of drug-likeness (QED) is 0.325. The summed E-state index contributed by atoms with van der Waals surface area (Å²) in [5.74, 6) is -1.92. The average Bonchev–Trinajstić information content (AvgIpc) is 2.03. The highest BCUT2D eigenvalue weighted by atomic mass is 16.4. The molecule has 0 saturated heterocycles. The number of hydrogen-bond donors (Lipinski definition) is 5. The molecule has 7 heteroatoms. The molecule has 0 aromatic rings. The van der Waals surface area contributed by atoms with E-state index in [1.165, 1.54) is 0 Å². The minimum atomic E-state index is -1.21. The highest BCUT2D eigenvalue weighted by Crippen LogP contribution is 1.84. The van der Waals surface area contributed by atoms with Crippen LogP contribution in [-0.2, 0) is 9.59 Å². The van der Waals surface area contributed by atoms with Gasteiger partial charge in [-0.25, -0.2) is 0 Å². The molecule has 78 valence electrons. The van der Waals surface area contributed by atoms with Gasteiger partial charge in [-0.3, -0.25) is 9.59 Å². The van der Waals surface area contributed by atoms with Gasteiger partial charge in [0.1, 0.15) is 6.04 Å². The van der Waals surface area contributed by atoms with Crippen LogP contribution >= 0.6 is 0 Å². The number of nitrogens with two attached hydrogens (primary N) is 3. The van der Waals surface area contributed by atoms with Gasteiger partial charge in [0.05, 0.1) is 13.0 Å². The maximum absolute atomic E-state index is 9.99. The van der Waals surface area contributed by atoms with Gasteiger partial charge in [-0.05, 0) is 0 Å². The first-order valence-electron chi connectivity index (χ1n) is 3.53. The van der Waals surface area contributed by atoms with E-state index in [-0.39, 0.29) is 13.0 Å². The van der Waals surface area contributed by atoms with Gasteiger partial charge in [-0.1, -0.05) is 0 Å². The Morgan fingerprint density at radius 1 is 1.38 bits per heavy atom. The summed E-state index contributed by atoms with van der Waals surface area (Å²) in [6.45, 7) is 0.472. The molecule has 1 atom stereocenters. The van der Waals surface area contributed by atoms with Gasteiger partial charge in [0.15, 0.2) is 0 Å². The van der Waals surface area contributed by atoms with Crippen molar-refractivity contribution in [2.75, 3.05) is 13.2 Å². The molecular weight excluding hydrogens is 178 g/mol. The van der Waals surface area contributed by atoms with Crippen molar-refractivity contribution in [1.29, 1.82) is 0 Å². The Hall–Kier alpha value is -1.18. The van der Waals surface area contributed by atoms with Gasteiger partial charge in [0, 0.05) is 6.54 Å². The topological polar surface area (TPSA) is 153 Å². The fourth-order valence-corrected chi connectivity index (χ4v) is 0.304. The monoisotopic (exact) mass is 193 g/mol. The van der Waals surface area contributed by atoms with Gasteiger partial charge < -0.3 is 27.4 Å². The summed E-state index contributed by atoms with van der Waals surface area (Å²) in [5.41, 5.74) is 14.3. The predicted molar refractivity (Wildman–Crippen MR) is 45.6 cm³/mol. The second kappa shape index (κ2) is 8.91. The molecule has 8 N–H and O–H groups in total. The summed E-state index contributed by atoms with van der Waals surface area (Å²) in [7, 11) is 0. The smallest absolute Gasteiger partial charge is 0.321 e. The third kappa shape index (κ3) is 13.8. The number of carbonyl (C=O) groups excluding carboxylic acids is 1. The molecule has 0 aromatic heterocycles. The molecule has 0 aliphatic rings. The van der Waals surface area contributed by atoms with E-state index < -0.39 is 17.9 Å². The Bertz CT molecular complexity index is 160. The van der Waals surface area contributed by atoms with Crippen molar-refractivity contribution in [3.05, 3.63) is 0 Å². The SMILES string of the molecule is NC(=O)CC(N)C(=O)O.NCCO. The van der Waals surface area contributed by atoms with Crippen molar-refractivity contribution >= 4 is 11.9 Å². The number of aliphatic carboxylic acids is 1. The Kier molecular flexibility index (Phi) is 9.84. The van der Waals surface area contributed by atoms with Crippen LogP contribution in [0.5, 0.6) is 0 Å². The van der Waals surface area contributed by atoms with E-state index in [0.717, 1.165) is 0 Å². The Morgan fingerprint density at radius 2 is 1.77 bits per heavy atom. The van der Waals surface area contributed by atoms with Gasteiger partial charge >= 0.3 is 5.97 Å². The van der Waals surface area contributed by atoms with Crippen LogP contribution in [0, 0.1) is 0 Å². The van der Waals surface area contributed by atoms with Crippen LogP contribution in [0.3, 0.4) is 0 Å². The van der Waals surface area contributed by atoms with Gasteiger partial charge in [-0.15, -0.1) is 0 Å². The fourth-order valence-electron chi connectivity index (χ4n) is 0.304. The summed E-state index contributed by atoms with van der Waals surface area (Å²) >= 11 is 0. The van der Waals surface area contributed by atoms with E-state index in [4.69, 9.17) is 21.7 Å². The minimum Gasteiger partial charge on any atom is -0.480 e. The molecule has 0 fully saturated rings. The molecule has 1 amide bonds. The maximum Gasteiger partial charge on any atom is 0.321 e. The number of carboxylic acid groups (broad SMARTS) is 1. The van der Waals surface area contributed by atoms with E-state index in [9.17, 15) is 9.59 Å². The van der Waals surface area contributed by atoms with E-state index in [1.807, 2.05) is 0 Å². The number of hydrogen-bond acceptors (Lipinski definition) is 5. The normalized spacial score (nSPS) is 11.0. The van der Waals surface area contributed by atoms with Gasteiger partial charge in [-0.2, -0.15) is 0 Å². The Labute approximate surface area is 75.5 Å². The largest absolute Gasteiger partial charge is 0.480 e. The molecule has 0 bridgehead atoms. The number of carboxylic acids is 1. The van der Waals surface area contributed by atoms with Crippen LogP contribution in [0.2, 0.25) is 0 Å². The number of amides is 1. The molecule has 0 spiro atoms. The number of aliphatic hydroxyl groups is 1. The molecule has 0 radical (unpaired) electrons. The molecule has 0 saturated carbocycles. The minimum absolute atomic E-state index is 0.0972. The van der Waals surface area contributed by atoms with Crippen molar-refractivity contribution in [3.63, 3.8) is 0 Å². The van der Waals surface area contributed by atoms with E-state index >= 15 is 0 Å². The number of primary amides is 1. The first-order chi connectivity index (χ1) is 5.95. The molecule has 0 heterocycles. The highest BCUT2D eigenvalue weighted by molar-refractivity contribution is 5.82. The first kappa shape index (κ1) is 14.3. The van der Waals surface area contributed by atoms with E-state index in [2.05, 4.69) is 5.73 Å². The van der Waals surface area contributed by atoms with Gasteiger partial charge in [0.2, 0.25) is 5.91 Å². The van der Waals surface area contributed by atoms with Crippen LogP contribution < -0.4 is 17.2 Å². The standard InChI is InChI=1S/C4H8N2O3.C2H7NO/c5-2(4(8)9)1-3(6)7;3-1-2-4/h2H,1,5H2,(H2,6,7)(H,8,9);4H,1-3H2. The highest BCUT2D eigenvalue weighted by Gasteiger charge is 2.13. The third-order valence-electron chi connectivity index (χ3n) is 0.867. The molecule has 7 nitrogen and oxygen atoms in total. The van der Waals surface area contributed by atoms with Crippen molar-refractivity contribution in [1.82, 2.24) is 0 Å². The lowest BCUT2D eigenvalue weighted by Gasteiger charge is -1.99. The fraction of sp³-hybridized carbons (Fsp3) is 0.667. The van der Waals surface area contributed by atoms with Crippen LogP contribution in [0.15, 0.2) is 0 Å². The van der Waals surface area contributed by atoms with Crippen molar-refractivity contribution in [2.45, 2.75) is 12.5 Å². The van der Waals surface area contributed by atoms with E-state index in [0.29, 0.717) is 6.54 Å². The van der Waals surface area contributed by atoms with Crippen molar-refractivity contribution in [3.8, 4) is 0 Å². The Morgan fingerprint density at radius 3 is 1.85 bits per heavy atom. The zero-order chi connectivity index (χ0) is 10.9. The zero-order valence-electron chi connectivity index (χ0n) is 7.14. The lowest BCUT2D eigenvalue weighted by atomic mass is 10.2. The first-order valence-corrected chi connectivity index (χ1v) is 3.53. The van der Waals surface area contributed by atoms with Crippen LogP contribution in [-0.4, -0.2) is 41.3 Å². The maximum atomic E-state index is 9.99. The predicted octanol–water partition coefficient (Wildman–Crippen LogP) is -2.79. The van der Waals surface area contributed by atoms with Crippen LogP contribution in [0.4, 0.5) is 0 Å². The zero-order valence-corrected chi connectivity index (χ0v) is 7.14. The average molecular weight is 193 g/mol. The third-order valence-corrected chi connectivity index (χ3v) is 0.867. The van der Waals surface area contributed by atoms with Crippen molar-refractivity contribution < 1.29 is 19.8 Å². The van der Waals surface area contributed by atoms with Crippen LogP contribution in [0.25, 0.3) is 0 Å². The lowest BCUT2D eigenvalue weighted by molar-refractivity contribution is -0.140. The van der Waals surface area contributed by atoms with E-state index in [1.54, 1.807) is 0 Å². The second-order valence-corrected chi connectivity index (χ2v) is 2.13. The molecule has 0 aliphatic carbocycles.